The van der Waals surface area contributed by atoms with Crippen molar-refractivity contribution in [2.45, 2.75) is 69.1 Å². The Hall–Kier alpha value is -8.12. The summed E-state index contributed by atoms with van der Waals surface area (Å²) in [6.45, 7) is 14.2. The fourth-order valence-corrected chi connectivity index (χ4v) is 13.9. The molecule has 0 atom stereocenters. The van der Waals surface area contributed by atoms with E-state index in [1.165, 1.54) is 70.6 Å². The van der Waals surface area contributed by atoms with E-state index in [2.05, 4.69) is 269 Å². The van der Waals surface area contributed by atoms with Crippen LogP contribution in [0.2, 0.25) is 0 Å². The molecule has 366 valence electrons. The van der Waals surface area contributed by atoms with Gasteiger partial charge in [0.05, 0.1) is 5.69 Å². The summed E-state index contributed by atoms with van der Waals surface area (Å²) >= 11 is 1.93. The fourth-order valence-electron chi connectivity index (χ4n) is 12.8. The monoisotopic (exact) mass is 997 g/mol. The Morgan fingerprint density at radius 3 is 1.62 bits per heavy atom. The van der Waals surface area contributed by atoms with Crippen LogP contribution < -0.4 is 47.5 Å². The molecule has 0 aliphatic carbocycles. The quantitative estimate of drug-likeness (QED) is 0.134. The third-order valence-electron chi connectivity index (χ3n) is 16.2. The maximum absolute atomic E-state index is 6.61. The molecule has 76 heavy (non-hydrogen) atoms. The van der Waals surface area contributed by atoms with Crippen molar-refractivity contribution in [1.82, 2.24) is 0 Å². The average Bonchev–Trinajstić information content (AvgIpc) is 3.89. The lowest BCUT2D eigenvalue weighted by molar-refractivity contribution is 0.669. The fraction of sp³-hybridized carbons (Fsp3) is 0.130. The molecule has 14 rings (SSSR count). The van der Waals surface area contributed by atoms with Gasteiger partial charge in [0, 0.05) is 72.1 Å². The Balaban J connectivity index is 1.08. The first-order chi connectivity index (χ1) is 37.2. The van der Waals surface area contributed by atoms with Crippen LogP contribution in [0.25, 0.3) is 21.9 Å². The number of benzene rings is 10. The zero-order valence-corrected chi connectivity index (χ0v) is 44.6. The smallest absolute Gasteiger partial charge is 0.252 e. The van der Waals surface area contributed by atoms with Crippen LogP contribution in [-0.4, -0.2) is 13.4 Å². The van der Waals surface area contributed by atoms with Gasteiger partial charge in [0.25, 0.3) is 6.71 Å². The zero-order chi connectivity index (χ0) is 51.3. The van der Waals surface area contributed by atoms with Crippen molar-refractivity contribution >= 4 is 131 Å². The summed E-state index contributed by atoms with van der Waals surface area (Å²) in [5.74, 6) is 1.12. The number of fused-ring (bicyclic) bond motifs is 9. The summed E-state index contributed by atoms with van der Waals surface area (Å²) in [7, 11) is 0. The molecule has 0 N–H and O–H groups in total. The van der Waals surface area contributed by atoms with E-state index in [-0.39, 0.29) is 13.4 Å². The predicted octanol–water partition coefficient (Wildman–Crippen LogP) is 15.5. The molecule has 4 nitrogen and oxygen atoms in total. The molecule has 0 amide bonds. The van der Waals surface area contributed by atoms with Crippen molar-refractivity contribution in [2.24, 2.45) is 0 Å². The molecule has 11 aromatic rings. The number of hydrogen-bond donors (Lipinski definition) is 0. The number of hydrogen-bond acceptors (Lipinski definition) is 5. The topological polar surface area (TPSA) is 22.9 Å². The molecule has 3 aliphatic heterocycles. The van der Waals surface area contributed by atoms with Gasteiger partial charge in [0.1, 0.15) is 11.2 Å². The van der Waals surface area contributed by atoms with Crippen LogP contribution in [0.5, 0.6) is 0 Å². The van der Waals surface area contributed by atoms with Crippen LogP contribution in [0.4, 0.5) is 51.2 Å². The average molecular weight is 998 g/mol. The first kappa shape index (κ1) is 46.4. The number of anilines is 9. The van der Waals surface area contributed by atoms with Gasteiger partial charge in [0.2, 0.25) is 6.71 Å². The predicted molar refractivity (Wildman–Crippen MR) is 326 cm³/mol. The van der Waals surface area contributed by atoms with Gasteiger partial charge in [-0.25, -0.2) is 0 Å². The van der Waals surface area contributed by atoms with E-state index in [0.717, 1.165) is 61.8 Å². The van der Waals surface area contributed by atoms with Crippen molar-refractivity contribution in [3.63, 3.8) is 0 Å². The van der Waals surface area contributed by atoms with Crippen molar-refractivity contribution < 1.29 is 4.42 Å². The highest BCUT2D eigenvalue weighted by atomic mass is 32.2. The van der Waals surface area contributed by atoms with Crippen molar-refractivity contribution in [1.29, 1.82) is 0 Å². The lowest BCUT2D eigenvalue weighted by Gasteiger charge is -2.45. The molecule has 0 unspecified atom stereocenters. The molecule has 0 saturated carbocycles. The molecule has 7 heteroatoms. The number of furan rings is 1. The Kier molecular flexibility index (Phi) is 11.2. The van der Waals surface area contributed by atoms with Crippen LogP contribution in [0.1, 0.15) is 76.0 Å². The Morgan fingerprint density at radius 1 is 0.382 bits per heavy atom. The highest BCUT2D eigenvalue weighted by molar-refractivity contribution is 8.00. The highest BCUT2D eigenvalue weighted by Crippen LogP contribution is 2.49. The van der Waals surface area contributed by atoms with Crippen LogP contribution in [0, 0.1) is 0 Å². The molecule has 0 saturated heterocycles. The number of rotatable bonds is 9. The molecule has 0 fully saturated rings. The zero-order valence-electron chi connectivity index (χ0n) is 43.8. The van der Waals surface area contributed by atoms with Gasteiger partial charge < -0.3 is 19.1 Å². The Labute approximate surface area is 451 Å². The summed E-state index contributed by atoms with van der Waals surface area (Å²) < 4.78 is 6.61. The van der Waals surface area contributed by atoms with Gasteiger partial charge in [-0.2, -0.15) is 0 Å². The van der Waals surface area contributed by atoms with E-state index in [1.807, 2.05) is 17.8 Å². The van der Waals surface area contributed by atoms with Crippen LogP contribution in [0.3, 0.4) is 0 Å². The normalized spacial score (nSPS) is 13.3. The molecule has 0 bridgehead atoms. The van der Waals surface area contributed by atoms with Gasteiger partial charge >= 0.3 is 0 Å². The van der Waals surface area contributed by atoms with E-state index in [0.29, 0.717) is 17.8 Å². The molecule has 0 spiro atoms. The number of nitrogens with zero attached hydrogens (tertiary/aromatic N) is 3. The molecule has 10 aromatic carbocycles. The van der Waals surface area contributed by atoms with Crippen LogP contribution in [-0.2, 0) is 0 Å². The van der Waals surface area contributed by atoms with E-state index in [1.54, 1.807) is 0 Å². The standard InChI is InChI=1S/C69H57B2N3OS/c1-43(2)46-36-54(44(3)4)68(55(37-46)45(5)6)71-57-30-18-21-33-66(57)76-67-42-61-58(41-59(67)71)70-56-29-17-19-31-60(56)73(48-24-12-8-13-25-48)62-38-51(39-63(69(62)70)74(61)49-26-14-9-15-27-49)72(47-22-10-7-11-23-47)50-34-35-53-52-28-16-20-32-64(52)75-65(53)40-50/h7-45H,1-6H3. The summed E-state index contributed by atoms with van der Waals surface area (Å²) in [6.07, 6.45) is 0. The minimum atomic E-state index is -0.0761. The second kappa shape index (κ2) is 18.3. The maximum atomic E-state index is 6.61. The maximum Gasteiger partial charge on any atom is 0.252 e. The lowest BCUT2D eigenvalue weighted by Crippen LogP contribution is -2.64. The van der Waals surface area contributed by atoms with E-state index < -0.39 is 0 Å². The summed E-state index contributed by atoms with van der Waals surface area (Å²) in [5, 5.41) is 2.22. The largest absolute Gasteiger partial charge is 0.456 e. The highest BCUT2D eigenvalue weighted by Gasteiger charge is 2.46. The van der Waals surface area contributed by atoms with Crippen molar-refractivity contribution in [2.75, 3.05) is 14.7 Å². The molecule has 0 radical (unpaired) electrons. The van der Waals surface area contributed by atoms with E-state index >= 15 is 0 Å². The van der Waals surface area contributed by atoms with E-state index in [4.69, 9.17) is 4.42 Å². The van der Waals surface area contributed by atoms with E-state index in [9.17, 15) is 0 Å². The summed E-state index contributed by atoms with van der Waals surface area (Å²) in [4.78, 5) is 10.1. The number of para-hydroxylation sites is 5. The minimum absolute atomic E-state index is 0.0466. The van der Waals surface area contributed by atoms with Gasteiger partial charge in [-0.3, -0.25) is 0 Å². The van der Waals surface area contributed by atoms with Gasteiger partial charge in [-0.15, -0.1) is 0 Å². The van der Waals surface area contributed by atoms with Crippen molar-refractivity contribution in [3.05, 3.63) is 235 Å². The Morgan fingerprint density at radius 2 is 0.947 bits per heavy atom. The molecular formula is C69H57B2N3OS. The van der Waals surface area contributed by atoms with Gasteiger partial charge in [-0.05, 0) is 136 Å². The SMILES string of the molecule is CC(C)c1cc(C(C)C)c(B2c3ccccc3Sc3cc4c(cc32)B2c3ccccc3N(c3ccccc3)c3cc(N(c5ccccc5)c5ccc6c(c5)oc5ccccc56)cc(c32)N4c2ccccc2)c(C(C)C)c1. The van der Waals surface area contributed by atoms with Crippen LogP contribution in [0.15, 0.2) is 233 Å². The second-order valence-electron chi connectivity index (χ2n) is 21.8. The first-order valence-electron chi connectivity index (χ1n) is 27.1. The lowest BCUT2D eigenvalue weighted by atomic mass is 9.31. The first-order valence-corrected chi connectivity index (χ1v) is 27.9. The van der Waals surface area contributed by atoms with Crippen molar-refractivity contribution in [3.8, 4) is 0 Å². The Bertz CT molecular complexity index is 4030. The second-order valence-corrected chi connectivity index (χ2v) is 22.9. The molecule has 4 heterocycles. The minimum Gasteiger partial charge on any atom is -0.456 e. The third kappa shape index (κ3) is 7.38. The summed E-state index contributed by atoms with van der Waals surface area (Å²) in [6, 6.07) is 81.5. The molecule has 3 aliphatic rings. The molecular weight excluding hydrogens is 940 g/mol. The third-order valence-corrected chi connectivity index (χ3v) is 17.4. The van der Waals surface area contributed by atoms with Gasteiger partial charge in [0.15, 0.2) is 0 Å². The molecule has 1 aromatic heterocycles. The van der Waals surface area contributed by atoms with Gasteiger partial charge in [-0.1, -0.05) is 197 Å². The van der Waals surface area contributed by atoms with Crippen LogP contribution >= 0.6 is 11.8 Å². The summed E-state index contributed by atoms with van der Waals surface area (Å²) in [5.41, 5.74) is 24.3.